The van der Waals surface area contributed by atoms with Crippen LogP contribution in [0.1, 0.15) is 25.0 Å². The zero-order valence-electron chi connectivity index (χ0n) is 18.8. The lowest BCUT2D eigenvalue weighted by molar-refractivity contribution is -0.111. The molecule has 0 aliphatic rings. The van der Waals surface area contributed by atoms with Gasteiger partial charge in [0.1, 0.15) is 5.82 Å². The molecule has 0 aliphatic heterocycles. The number of halogens is 1. The first kappa shape index (κ1) is 24.6. The normalized spacial score (nSPS) is 11.8. The minimum atomic E-state index is -3.32. The molecule has 0 fully saturated rings. The Hall–Kier alpha value is -3.06. The molecular formula is C24H27FN3O4P. The van der Waals surface area contributed by atoms with E-state index in [9.17, 15) is 13.8 Å². The fourth-order valence-corrected chi connectivity index (χ4v) is 5.13. The van der Waals surface area contributed by atoms with Crippen molar-refractivity contribution in [3.05, 3.63) is 77.7 Å². The molecule has 0 bridgehead atoms. The van der Waals surface area contributed by atoms with Gasteiger partial charge in [0.05, 0.1) is 31.3 Å². The number of rotatable bonds is 10. The molecular weight excluding hydrogens is 444 g/mol. The number of para-hydroxylation sites is 1. The molecule has 1 amide bonds. The number of hydrogen-bond donors (Lipinski definition) is 1. The molecule has 0 atom stereocenters. The third kappa shape index (κ3) is 6.48. The summed E-state index contributed by atoms with van der Waals surface area (Å²) in [7, 11) is -1.54. The minimum absolute atomic E-state index is 0.0478. The van der Waals surface area contributed by atoms with E-state index in [-0.39, 0.29) is 31.1 Å². The minimum Gasteiger partial charge on any atom is -0.322 e. The van der Waals surface area contributed by atoms with E-state index < -0.39 is 7.60 Å². The van der Waals surface area contributed by atoms with E-state index in [0.717, 1.165) is 11.3 Å². The lowest BCUT2D eigenvalue weighted by Gasteiger charge is -2.18. The number of anilines is 1. The Labute approximate surface area is 192 Å². The number of carbonyl (C=O) groups is 1. The summed E-state index contributed by atoms with van der Waals surface area (Å²) in [6.07, 6.45) is 4.73. The maximum atomic E-state index is 13.3. The molecule has 0 aliphatic carbocycles. The summed E-state index contributed by atoms with van der Waals surface area (Å²) >= 11 is 0. The highest BCUT2D eigenvalue weighted by Crippen LogP contribution is 2.52. The van der Waals surface area contributed by atoms with Crippen molar-refractivity contribution in [3.63, 3.8) is 0 Å². The largest absolute Gasteiger partial charge is 0.335 e. The van der Waals surface area contributed by atoms with Crippen LogP contribution in [-0.2, 0) is 31.6 Å². The first-order valence-corrected chi connectivity index (χ1v) is 12.3. The fraction of sp³-hybridized carbons (Fsp3) is 0.250. The molecule has 0 radical (unpaired) electrons. The lowest BCUT2D eigenvalue weighted by atomic mass is 10.1. The Balaban J connectivity index is 1.78. The van der Waals surface area contributed by atoms with E-state index in [1.807, 2.05) is 0 Å². The van der Waals surface area contributed by atoms with Gasteiger partial charge < -0.3 is 14.4 Å². The number of hydrogen-bond acceptors (Lipinski definition) is 5. The first-order chi connectivity index (χ1) is 15.8. The van der Waals surface area contributed by atoms with Crippen molar-refractivity contribution >= 4 is 25.3 Å². The smallest absolute Gasteiger partial charge is 0.322 e. The van der Waals surface area contributed by atoms with Crippen molar-refractivity contribution < 1.29 is 22.8 Å². The van der Waals surface area contributed by atoms with Crippen LogP contribution in [0.4, 0.5) is 10.1 Å². The van der Waals surface area contributed by atoms with E-state index in [4.69, 9.17) is 9.05 Å². The van der Waals surface area contributed by atoms with E-state index in [1.54, 1.807) is 74.2 Å². The second-order valence-corrected chi connectivity index (χ2v) is 9.22. The Morgan fingerprint density at radius 1 is 1.12 bits per heavy atom. The second kappa shape index (κ2) is 11.2. The van der Waals surface area contributed by atoms with Gasteiger partial charge in [0.2, 0.25) is 5.91 Å². The van der Waals surface area contributed by atoms with Crippen molar-refractivity contribution in [2.24, 2.45) is 7.05 Å². The zero-order chi connectivity index (χ0) is 23.8. The topological polar surface area (TPSA) is 82.5 Å². The molecule has 1 N–H and O–H groups in total. The number of amides is 1. The van der Waals surface area contributed by atoms with E-state index in [0.29, 0.717) is 16.8 Å². The number of carbonyl (C=O) groups excluding carboxylic acids is 1. The van der Waals surface area contributed by atoms with Gasteiger partial charge in [0.25, 0.3) is 0 Å². The average Bonchev–Trinajstić information content (AvgIpc) is 3.15. The average molecular weight is 471 g/mol. The maximum Gasteiger partial charge on any atom is 0.335 e. The second-order valence-electron chi connectivity index (χ2n) is 7.16. The summed E-state index contributed by atoms with van der Waals surface area (Å²) in [6, 6.07) is 13.2. The third-order valence-corrected chi connectivity index (χ3v) is 6.82. The lowest BCUT2D eigenvalue weighted by Crippen LogP contribution is -2.10. The molecule has 3 aromatic rings. The quantitative estimate of drug-likeness (QED) is 0.306. The summed E-state index contributed by atoms with van der Waals surface area (Å²) in [6.45, 7) is 4.03. The van der Waals surface area contributed by atoms with Crippen LogP contribution in [0.25, 0.3) is 17.3 Å². The molecule has 7 nitrogen and oxygen atoms in total. The number of aryl methyl sites for hydroxylation is 1. The Morgan fingerprint density at radius 2 is 1.79 bits per heavy atom. The molecule has 33 heavy (non-hydrogen) atoms. The van der Waals surface area contributed by atoms with Gasteiger partial charge in [-0.2, -0.15) is 5.10 Å². The summed E-state index contributed by atoms with van der Waals surface area (Å²) < 4.78 is 38.6. The summed E-state index contributed by atoms with van der Waals surface area (Å²) in [5.74, 6) is -0.687. The van der Waals surface area contributed by atoms with Gasteiger partial charge >= 0.3 is 7.60 Å². The summed E-state index contributed by atoms with van der Waals surface area (Å²) in [5.41, 5.74) is 3.43. The fourth-order valence-electron chi connectivity index (χ4n) is 3.39. The Morgan fingerprint density at radius 3 is 2.45 bits per heavy atom. The SMILES string of the molecule is CCOP(=O)(Cc1ccccc1NC(=O)/C=C/c1cnn(C)c1-c1ccc(F)cc1)OCC. The van der Waals surface area contributed by atoms with Gasteiger partial charge in [-0.3, -0.25) is 14.0 Å². The summed E-state index contributed by atoms with van der Waals surface area (Å²) in [4.78, 5) is 12.6. The summed E-state index contributed by atoms with van der Waals surface area (Å²) in [5, 5.41) is 7.07. The number of benzene rings is 2. The predicted molar refractivity (Wildman–Crippen MR) is 127 cm³/mol. The van der Waals surface area contributed by atoms with E-state index >= 15 is 0 Å². The van der Waals surface area contributed by atoms with Crippen LogP contribution < -0.4 is 5.32 Å². The van der Waals surface area contributed by atoms with Crippen molar-refractivity contribution in [1.82, 2.24) is 9.78 Å². The molecule has 3 rings (SSSR count). The standard InChI is InChI=1S/C24H27FN3O4P/c1-4-31-33(30,32-5-2)17-20-8-6-7-9-22(20)27-23(29)15-12-19-16-26-28(3)24(19)18-10-13-21(25)14-11-18/h6-16H,4-5,17H2,1-3H3,(H,27,29)/b15-12+. The molecule has 174 valence electrons. The molecule has 0 saturated carbocycles. The number of aromatic nitrogens is 2. The zero-order valence-corrected chi connectivity index (χ0v) is 19.7. The number of nitrogens with one attached hydrogen (secondary N) is 1. The van der Waals surface area contributed by atoms with Gasteiger partial charge in [-0.05, 0) is 55.8 Å². The molecule has 0 unspecified atom stereocenters. The van der Waals surface area contributed by atoms with Crippen molar-refractivity contribution in [2.45, 2.75) is 20.0 Å². The van der Waals surface area contributed by atoms with Crippen LogP contribution in [0.3, 0.4) is 0 Å². The van der Waals surface area contributed by atoms with Crippen LogP contribution in [0.15, 0.2) is 60.8 Å². The highest BCUT2D eigenvalue weighted by atomic mass is 31.2. The Bertz CT molecular complexity index is 1160. The number of nitrogens with zero attached hydrogens (tertiary/aromatic N) is 2. The van der Waals surface area contributed by atoms with E-state index in [1.165, 1.54) is 18.2 Å². The highest BCUT2D eigenvalue weighted by molar-refractivity contribution is 7.53. The van der Waals surface area contributed by atoms with Crippen LogP contribution >= 0.6 is 7.60 Å². The van der Waals surface area contributed by atoms with E-state index in [2.05, 4.69) is 10.4 Å². The van der Waals surface area contributed by atoms with Crippen LogP contribution in [0, 0.1) is 5.82 Å². The van der Waals surface area contributed by atoms with Crippen molar-refractivity contribution in [2.75, 3.05) is 18.5 Å². The van der Waals surface area contributed by atoms with Gasteiger partial charge in [-0.15, -0.1) is 0 Å². The highest BCUT2D eigenvalue weighted by Gasteiger charge is 2.25. The van der Waals surface area contributed by atoms with Crippen molar-refractivity contribution in [1.29, 1.82) is 0 Å². The molecule has 0 spiro atoms. The first-order valence-electron chi connectivity index (χ1n) is 10.6. The molecule has 2 aromatic carbocycles. The monoisotopic (exact) mass is 471 g/mol. The van der Waals surface area contributed by atoms with Crippen LogP contribution in [-0.4, -0.2) is 28.9 Å². The van der Waals surface area contributed by atoms with Gasteiger partial charge in [0, 0.05) is 29.9 Å². The van der Waals surface area contributed by atoms with Crippen molar-refractivity contribution in [3.8, 4) is 11.3 Å². The molecule has 9 heteroatoms. The predicted octanol–water partition coefficient (Wildman–Crippen LogP) is 5.64. The van der Waals surface area contributed by atoms with Gasteiger partial charge in [-0.25, -0.2) is 4.39 Å². The Kier molecular flexibility index (Phi) is 8.33. The molecule has 1 heterocycles. The molecule has 1 aromatic heterocycles. The maximum absolute atomic E-state index is 13.3. The molecule has 0 saturated heterocycles. The van der Waals surface area contributed by atoms with Crippen LogP contribution in [0.2, 0.25) is 0 Å². The van der Waals surface area contributed by atoms with Gasteiger partial charge in [0.15, 0.2) is 0 Å². The van der Waals surface area contributed by atoms with Crippen LogP contribution in [0.5, 0.6) is 0 Å². The van der Waals surface area contributed by atoms with Gasteiger partial charge in [-0.1, -0.05) is 18.2 Å². The third-order valence-electron chi connectivity index (χ3n) is 4.79.